The number of aryl methyl sites for hydroxylation is 3. The molecule has 2 aromatic carbocycles. The summed E-state index contributed by atoms with van der Waals surface area (Å²) >= 11 is 0. The van der Waals surface area contributed by atoms with Crippen molar-refractivity contribution < 1.29 is 9.53 Å². The number of rotatable bonds is 4. The summed E-state index contributed by atoms with van der Waals surface area (Å²) in [5.41, 5.74) is 3.52. The predicted octanol–water partition coefficient (Wildman–Crippen LogP) is 3.29. The normalized spacial score (nSPS) is 10.8. The highest BCUT2D eigenvalue weighted by molar-refractivity contribution is 6.03. The van der Waals surface area contributed by atoms with Crippen LogP contribution in [-0.2, 0) is 6.54 Å². The maximum Gasteiger partial charge on any atom is 0.282 e. The zero-order chi connectivity index (χ0) is 18.8. The van der Waals surface area contributed by atoms with E-state index in [0.29, 0.717) is 23.5 Å². The van der Waals surface area contributed by atoms with E-state index in [9.17, 15) is 9.59 Å². The first-order chi connectivity index (χ1) is 12.4. The van der Waals surface area contributed by atoms with Crippen molar-refractivity contribution in [1.29, 1.82) is 0 Å². The van der Waals surface area contributed by atoms with Gasteiger partial charge in [-0.1, -0.05) is 6.07 Å². The lowest BCUT2D eigenvalue weighted by Gasteiger charge is -2.12. The highest BCUT2D eigenvalue weighted by Crippen LogP contribution is 2.19. The maximum absolute atomic E-state index is 12.8. The van der Waals surface area contributed by atoms with Gasteiger partial charge in [0.2, 0.25) is 0 Å². The molecule has 0 saturated heterocycles. The Bertz CT molecular complexity index is 1050. The number of amides is 1. The van der Waals surface area contributed by atoms with E-state index in [-0.39, 0.29) is 5.69 Å². The van der Waals surface area contributed by atoms with Crippen molar-refractivity contribution in [2.24, 2.45) is 0 Å². The molecule has 0 spiro atoms. The molecule has 0 atom stereocenters. The van der Waals surface area contributed by atoms with Gasteiger partial charge in [-0.05, 0) is 56.2 Å². The second kappa shape index (κ2) is 7.00. The minimum Gasteiger partial charge on any atom is -0.497 e. The Balaban J connectivity index is 2.09. The molecule has 1 amide bonds. The number of benzene rings is 2. The molecule has 134 valence electrons. The Hall–Kier alpha value is -3.15. The van der Waals surface area contributed by atoms with Crippen LogP contribution in [0, 0.1) is 13.8 Å². The number of nitrogens with zero attached hydrogens (tertiary/aromatic N) is 2. The van der Waals surface area contributed by atoms with Gasteiger partial charge in [0.25, 0.3) is 11.5 Å². The molecule has 1 heterocycles. The molecule has 0 aliphatic heterocycles. The van der Waals surface area contributed by atoms with Crippen molar-refractivity contribution in [3.8, 4) is 5.75 Å². The van der Waals surface area contributed by atoms with E-state index < -0.39 is 11.5 Å². The number of carbonyl (C=O) groups is 1. The Labute approximate surface area is 151 Å². The lowest BCUT2D eigenvalue weighted by atomic mass is 10.1. The summed E-state index contributed by atoms with van der Waals surface area (Å²) in [6.07, 6.45) is 0. The zero-order valence-electron chi connectivity index (χ0n) is 15.3. The van der Waals surface area contributed by atoms with Crippen molar-refractivity contribution in [3.05, 3.63) is 63.6 Å². The van der Waals surface area contributed by atoms with E-state index in [1.54, 1.807) is 35.9 Å². The van der Waals surface area contributed by atoms with Crippen LogP contribution in [0.15, 0.2) is 41.2 Å². The number of ether oxygens (including phenoxy) is 1. The van der Waals surface area contributed by atoms with Gasteiger partial charge >= 0.3 is 0 Å². The van der Waals surface area contributed by atoms with Gasteiger partial charge in [-0.15, -0.1) is 0 Å². The largest absolute Gasteiger partial charge is 0.497 e. The van der Waals surface area contributed by atoms with Crippen LogP contribution in [-0.4, -0.2) is 22.6 Å². The number of methoxy groups -OCH3 is 1. The first-order valence-corrected chi connectivity index (χ1v) is 8.41. The molecule has 3 rings (SSSR count). The predicted molar refractivity (Wildman–Crippen MR) is 102 cm³/mol. The number of anilines is 1. The second-order valence-corrected chi connectivity index (χ2v) is 6.12. The number of carbonyl (C=O) groups excluding carboxylic acids is 1. The quantitative estimate of drug-likeness (QED) is 0.783. The second-order valence-electron chi connectivity index (χ2n) is 6.12. The van der Waals surface area contributed by atoms with E-state index in [1.807, 2.05) is 32.9 Å². The average molecular weight is 351 g/mol. The van der Waals surface area contributed by atoms with Gasteiger partial charge in [0.1, 0.15) is 5.75 Å². The maximum atomic E-state index is 12.8. The fourth-order valence-electron chi connectivity index (χ4n) is 2.85. The van der Waals surface area contributed by atoms with E-state index in [2.05, 4.69) is 10.3 Å². The summed E-state index contributed by atoms with van der Waals surface area (Å²) in [7, 11) is 1.55. The molecule has 1 N–H and O–H groups in total. The summed E-state index contributed by atoms with van der Waals surface area (Å²) in [6, 6.07) is 10.8. The highest BCUT2D eigenvalue weighted by Gasteiger charge is 2.18. The molecule has 0 saturated carbocycles. The summed E-state index contributed by atoms with van der Waals surface area (Å²) in [5, 5.41) is 2.72. The molecule has 6 heteroatoms. The topological polar surface area (TPSA) is 73.2 Å². The van der Waals surface area contributed by atoms with Crippen LogP contribution in [0.1, 0.15) is 28.5 Å². The standard InChI is InChI=1S/C20H21N3O3/c1-5-23-17-10-13(3)12(2)9-16(17)22-18(20(23)25)19(24)21-14-7-6-8-15(11-14)26-4/h6-11H,5H2,1-4H3,(H,21,24). The molecule has 0 aliphatic carbocycles. The van der Waals surface area contributed by atoms with E-state index in [4.69, 9.17) is 4.74 Å². The van der Waals surface area contributed by atoms with Gasteiger partial charge in [0, 0.05) is 18.3 Å². The summed E-state index contributed by atoms with van der Waals surface area (Å²) in [5.74, 6) is 0.0805. The number of hydrogen-bond acceptors (Lipinski definition) is 4. The van der Waals surface area contributed by atoms with Gasteiger partial charge < -0.3 is 14.6 Å². The van der Waals surface area contributed by atoms with Gasteiger partial charge in [0.15, 0.2) is 5.69 Å². The third-order valence-corrected chi connectivity index (χ3v) is 4.42. The molecule has 26 heavy (non-hydrogen) atoms. The van der Waals surface area contributed by atoms with E-state index >= 15 is 0 Å². The summed E-state index contributed by atoms with van der Waals surface area (Å²) in [4.78, 5) is 29.8. The Morgan fingerprint density at radius 1 is 1.19 bits per heavy atom. The first-order valence-electron chi connectivity index (χ1n) is 8.41. The fraction of sp³-hybridized carbons (Fsp3) is 0.250. The molecule has 0 aliphatic rings. The van der Waals surface area contributed by atoms with Crippen LogP contribution in [0.2, 0.25) is 0 Å². The Morgan fingerprint density at radius 2 is 1.92 bits per heavy atom. The number of aromatic nitrogens is 2. The molecular formula is C20H21N3O3. The van der Waals surface area contributed by atoms with Crippen LogP contribution >= 0.6 is 0 Å². The highest BCUT2D eigenvalue weighted by atomic mass is 16.5. The number of fused-ring (bicyclic) bond motifs is 1. The van der Waals surface area contributed by atoms with Crippen LogP contribution in [0.5, 0.6) is 5.75 Å². The molecule has 3 aromatic rings. The minimum atomic E-state index is -0.536. The monoisotopic (exact) mass is 351 g/mol. The Kier molecular flexibility index (Phi) is 4.75. The summed E-state index contributed by atoms with van der Waals surface area (Å²) in [6.45, 7) is 6.30. The molecule has 1 aromatic heterocycles. The number of hydrogen-bond donors (Lipinski definition) is 1. The molecule has 6 nitrogen and oxygen atoms in total. The Morgan fingerprint density at radius 3 is 2.62 bits per heavy atom. The van der Waals surface area contributed by atoms with Crippen LogP contribution < -0.4 is 15.6 Å². The lowest BCUT2D eigenvalue weighted by Crippen LogP contribution is -2.31. The molecule has 0 fully saturated rings. The van der Waals surface area contributed by atoms with E-state index in [1.165, 1.54) is 0 Å². The molecular weight excluding hydrogens is 330 g/mol. The van der Waals surface area contributed by atoms with Crippen LogP contribution in [0.3, 0.4) is 0 Å². The van der Waals surface area contributed by atoms with Gasteiger partial charge in [-0.25, -0.2) is 4.98 Å². The van der Waals surface area contributed by atoms with Gasteiger partial charge in [-0.3, -0.25) is 9.59 Å². The van der Waals surface area contributed by atoms with Crippen molar-refractivity contribution in [3.63, 3.8) is 0 Å². The smallest absolute Gasteiger partial charge is 0.282 e. The molecule has 0 unspecified atom stereocenters. The average Bonchev–Trinajstić information content (AvgIpc) is 2.63. The minimum absolute atomic E-state index is 0.120. The zero-order valence-corrected chi connectivity index (χ0v) is 15.3. The van der Waals surface area contributed by atoms with Gasteiger partial charge in [0.05, 0.1) is 18.1 Å². The van der Waals surface area contributed by atoms with E-state index in [0.717, 1.165) is 16.6 Å². The van der Waals surface area contributed by atoms with Crippen LogP contribution in [0.4, 0.5) is 5.69 Å². The lowest BCUT2D eigenvalue weighted by molar-refractivity contribution is 0.102. The third-order valence-electron chi connectivity index (χ3n) is 4.42. The van der Waals surface area contributed by atoms with Gasteiger partial charge in [-0.2, -0.15) is 0 Å². The molecule has 0 bridgehead atoms. The number of nitrogens with one attached hydrogen (secondary N) is 1. The van der Waals surface area contributed by atoms with Crippen molar-refractivity contribution in [1.82, 2.24) is 9.55 Å². The van der Waals surface area contributed by atoms with Crippen molar-refractivity contribution in [2.75, 3.05) is 12.4 Å². The third kappa shape index (κ3) is 3.18. The SMILES string of the molecule is CCn1c(=O)c(C(=O)Nc2cccc(OC)c2)nc2cc(C)c(C)cc21. The molecule has 0 radical (unpaired) electrons. The van der Waals surface area contributed by atoms with Crippen molar-refractivity contribution >= 4 is 22.6 Å². The van der Waals surface area contributed by atoms with Crippen LogP contribution in [0.25, 0.3) is 11.0 Å². The summed E-state index contributed by atoms with van der Waals surface area (Å²) < 4.78 is 6.73. The first kappa shape index (κ1) is 17.7. The van der Waals surface area contributed by atoms with Crippen molar-refractivity contribution in [2.45, 2.75) is 27.3 Å². The fourth-order valence-corrected chi connectivity index (χ4v) is 2.85.